The van der Waals surface area contributed by atoms with Gasteiger partial charge in [0.05, 0.1) is 5.69 Å². The van der Waals surface area contributed by atoms with Gasteiger partial charge in [-0.1, -0.05) is 6.07 Å². The highest BCUT2D eigenvalue weighted by atomic mass is 19.4. The van der Waals surface area contributed by atoms with Gasteiger partial charge in [-0.3, -0.25) is 0 Å². The zero-order valence-electron chi connectivity index (χ0n) is 10.6. The van der Waals surface area contributed by atoms with Crippen LogP contribution in [0.4, 0.5) is 26.3 Å². The Morgan fingerprint density at radius 2 is 1.81 bits per heavy atom. The molecular weight excluding hydrogens is 302 g/mol. The van der Waals surface area contributed by atoms with Crippen molar-refractivity contribution in [3.8, 4) is 0 Å². The summed E-state index contributed by atoms with van der Waals surface area (Å²) in [4.78, 5) is 3.23. The van der Waals surface area contributed by atoms with Gasteiger partial charge in [0.1, 0.15) is 17.3 Å². The van der Waals surface area contributed by atoms with Crippen molar-refractivity contribution in [2.24, 2.45) is 0 Å². The lowest BCUT2D eigenvalue weighted by molar-refractivity contribution is -0.166. The minimum atomic E-state index is -4.67. The third-order valence-corrected chi connectivity index (χ3v) is 3.33. The van der Waals surface area contributed by atoms with Crippen LogP contribution in [0.3, 0.4) is 0 Å². The number of hydrogen-bond donors (Lipinski definition) is 2. The van der Waals surface area contributed by atoms with Crippen molar-refractivity contribution in [1.82, 2.24) is 10.3 Å². The molecule has 2 rings (SSSR count). The Balaban J connectivity index is 2.03. The largest absolute Gasteiger partial charge is 0.433 e. The van der Waals surface area contributed by atoms with E-state index in [-0.39, 0.29) is 18.5 Å². The van der Waals surface area contributed by atoms with Crippen LogP contribution in [0.5, 0.6) is 0 Å². The molecule has 3 nitrogen and oxygen atoms in total. The number of aliphatic hydroxyl groups is 1. The molecule has 1 saturated carbocycles. The smallest absolute Gasteiger partial charge is 0.385 e. The second-order valence-corrected chi connectivity index (χ2v) is 4.92. The van der Waals surface area contributed by atoms with Crippen LogP contribution in [0.1, 0.15) is 30.3 Å². The SMILES string of the molecule is O[C@H](CNC1(C(F)(F)F)CC1)c1cccc(C(F)(F)F)n1. The van der Waals surface area contributed by atoms with Crippen molar-refractivity contribution >= 4 is 0 Å². The van der Waals surface area contributed by atoms with Gasteiger partial charge in [-0.2, -0.15) is 26.3 Å². The van der Waals surface area contributed by atoms with Gasteiger partial charge in [-0.05, 0) is 25.0 Å². The first-order valence-corrected chi connectivity index (χ1v) is 6.09. The minimum absolute atomic E-state index is 0.112. The molecule has 0 amide bonds. The van der Waals surface area contributed by atoms with E-state index in [1.54, 1.807) is 0 Å². The lowest BCUT2D eigenvalue weighted by Gasteiger charge is -2.22. The summed E-state index contributed by atoms with van der Waals surface area (Å²) in [6, 6.07) is 2.90. The molecule has 1 fully saturated rings. The van der Waals surface area contributed by atoms with E-state index in [0.29, 0.717) is 0 Å². The van der Waals surface area contributed by atoms with Gasteiger partial charge in [0, 0.05) is 6.54 Å². The van der Waals surface area contributed by atoms with Crippen molar-refractivity contribution in [2.75, 3.05) is 6.54 Å². The number of rotatable bonds is 4. The average molecular weight is 314 g/mol. The first-order valence-electron chi connectivity index (χ1n) is 6.09. The second kappa shape index (κ2) is 5.13. The normalized spacial score (nSPS) is 19.4. The number of nitrogens with zero attached hydrogens (tertiary/aromatic N) is 1. The van der Waals surface area contributed by atoms with Crippen LogP contribution >= 0.6 is 0 Å². The Morgan fingerprint density at radius 1 is 1.19 bits per heavy atom. The third kappa shape index (κ3) is 3.46. The van der Waals surface area contributed by atoms with E-state index in [0.717, 1.165) is 18.2 Å². The minimum Gasteiger partial charge on any atom is -0.385 e. The van der Waals surface area contributed by atoms with Crippen LogP contribution < -0.4 is 5.32 Å². The average Bonchev–Trinajstić information content (AvgIpc) is 3.15. The molecular formula is C12H12F6N2O. The maximum atomic E-state index is 12.7. The van der Waals surface area contributed by atoms with E-state index in [4.69, 9.17) is 0 Å². The molecule has 1 aromatic heterocycles. The zero-order chi connectivity index (χ0) is 15.9. The van der Waals surface area contributed by atoms with E-state index in [9.17, 15) is 31.4 Å². The summed E-state index contributed by atoms with van der Waals surface area (Å²) < 4.78 is 75.4. The predicted molar refractivity (Wildman–Crippen MR) is 60.2 cm³/mol. The van der Waals surface area contributed by atoms with Gasteiger partial charge in [0.2, 0.25) is 0 Å². The Kier molecular flexibility index (Phi) is 3.92. The molecule has 1 aliphatic carbocycles. The molecule has 1 aliphatic rings. The third-order valence-electron chi connectivity index (χ3n) is 3.33. The fourth-order valence-electron chi connectivity index (χ4n) is 1.88. The van der Waals surface area contributed by atoms with E-state index in [1.807, 2.05) is 0 Å². The fraction of sp³-hybridized carbons (Fsp3) is 0.583. The van der Waals surface area contributed by atoms with Crippen molar-refractivity contribution < 1.29 is 31.4 Å². The van der Waals surface area contributed by atoms with E-state index in [2.05, 4.69) is 10.3 Å². The predicted octanol–water partition coefficient (Wildman–Crippen LogP) is 2.82. The number of hydrogen-bond acceptors (Lipinski definition) is 3. The summed E-state index contributed by atoms with van der Waals surface area (Å²) in [5.74, 6) is 0. The number of aromatic nitrogens is 1. The summed E-state index contributed by atoms with van der Waals surface area (Å²) in [5, 5.41) is 11.9. The number of halogens is 6. The standard InChI is InChI=1S/C12H12F6N2O/c13-11(14,15)9-3-1-2-7(20-9)8(21)6-19-10(4-5-10)12(16,17)18/h1-3,8,19,21H,4-6H2/t8-/m1/s1. The first-order chi connectivity index (χ1) is 9.55. The van der Waals surface area contributed by atoms with Gasteiger partial charge in [0.15, 0.2) is 0 Å². The van der Waals surface area contributed by atoms with Gasteiger partial charge in [0.25, 0.3) is 0 Å². The van der Waals surface area contributed by atoms with E-state index >= 15 is 0 Å². The summed E-state index contributed by atoms with van der Waals surface area (Å²) >= 11 is 0. The van der Waals surface area contributed by atoms with E-state index < -0.39 is 36.2 Å². The molecule has 0 aromatic carbocycles. The van der Waals surface area contributed by atoms with E-state index in [1.165, 1.54) is 0 Å². The summed E-state index contributed by atoms with van der Waals surface area (Å²) in [6.45, 7) is -0.520. The molecule has 1 heterocycles. The molecule has 0 unspecified atom stereocenters. The van der Waals surface area contributed by atoms with Crippen LogP contribution in [0, 0.1) is 0 Å². The molecule has 0 bridgehead atoms. The molecule has 9 heteroatoms. The van der Waals surface area contributed by atoms with Crippen molar-refractivity contribution in [3.63, 3.8) is 0 Å². The highest BCUT2D eigenvalue weighted by molar-refractivity contribution is 5.16. The molecule has 118 valence electrons. The highest BCUT2D eigenvalue weighted by Crippen LogP contribution is 2.49. The van der Waals surface area contributed by atoms with Gasteiger partial charge in [-0.15, -0.1) is 0 Å². The van der Waals surface area contributed by atoms with Crippen LogP contribution in [0.25, 0.3) is 0 Å². The van der Waals surface area contributed by atoms with Crippen LogP contribution in [0.15, 0.2) is 18.2 Å². The lowest BCUT2D eigenvalue weighted by atomic mass is 10.2. The molecule has 0 saturated heterocycles. The number of alkyl halides is 6. The lowest BCUT2D eigenvalue weighted by Crippen LogP contribution is -2.46. The van der Waals surface area contributed by atoms with Crippen molar-refractivity contribution in [1.29, 1.82) is 0 Å². The molecule has 1 atom stereocenters. The second-order valence-electron chi connectivity index (χ2n) is 4.92. The summed E-state index contributed by atoms with van der Waals surface area (Å²) in [6.07, 6.45) is -10.9. The monoisotopic (exact) mass is 314 g/mol. The van der Waals surface area contributed by atoms with Gasteiger partial charge >= 0.3 is 12.4 Å². The van der Waals surface area contributed by atoms with Gasteiger partial charge in [-0.25, -0.2) is 4.98 Å². The molecule has 2 N–H and O–H groups in total. The number of β-amino-alcohol motifs (C(OH)–C–C–N with tert-alkyl or cyclic N) is 1. The molecule has 1 aromatic rings. The topological polar surface area (TPSA) is 45.1 Å². The van der Waals surface area contributed by atoms with Crippen LogP contribution in [0.2, 0.25) is 0 Å². The molecule has 21 heavy (non-hydrogen) atoms. The number of pyridine rings is 1. The Bertz CT molecular complexity index is 509. The van der Waals surface area contributed by atoms with Crippen molar-refractivity contribution in [2.45, 2.75) is 36.8 Å². The maximum absolute atomic E-state index is 12.7. The quantitative estimate of drug-likeness (QED) is 0.840. The zero-order valence-corrected chi connectivity index (χ0v) is 10.6. The molecule has 0 spiro atoms. The molecule has 0 radical (unpaired) electrons. The molecule has 0 aliphatic heterocycles. The Hall–Kier alpha value is -1.35. The maximum Gasteiger partial charge on any atom is 0.433 e. The van der Waals surface area contributed by atoms with Gasteiger partial charge < -0.3 is 10.4 Å². The Morgan fingerprint density at radius 3 is 2.29 bits per heavy atom. The summed E-state index contributed by atoms with van der Waals surface area (Å²) in [5.41, 5.74) is -3.55. The number of aliphatic hydroxyl groups excluding tert-OH is 1. The first kappa shape index (κ1) is 16.0. The van der Waals surface area contributed by atoms with Crippen LogP contribution in [-0.2, 0) is 6.18 Å². The Labute approximate surface area is 116 Å². The van der Waals surface area contributed by atoms with Crippen LogP contribution in [-0.4, -0.2) is 28.4 Å². The summed E-state index contributed by atoms with van der Waals surface area (Å²) in [7, 11) is 0. The highest BCUT2D eigenvalue weighted by Gasteiger charge is 2.63. The van der Waals surface area contributed by atoms with Crippen molar-refractivity contribution in [3.05, 3.63) is 29.6 Å². The fourth-order valence-corrected chi connectivity index (χ4v) is 1.88. The number of nitrogens with one attached hydrogen (secondary N) is 1.